The fourth-order valence-corrected chi connectivity index (χ4v) is 3.45. The third-order valence-corrected chi connectivity index (χ3v) is 4.65. The zero-order valence-electron chi connectivity index (χ0n) is 10.1. The molecule has 100 valence electrons. The highest BCUT2D eigenvalue weighted by Crippen LogP contribution is 2.30. The average molecular weight is 314 g/mol. The number of halogens is 1. The van der Waals surface area contributed by atoms with Crippen molar-refractivity contribution in [2.24, 2.45) is 0 Å². The molecular formula is C12H12ClN3OS2. The van der Waals surface area contributed by atoms with E-state index in [2.05, 4.69) is 10.3 Å². The van der Waals surface area contributed by atoms with Gasteiger partial charge in [0.15, 0.2) is 4.34 Å². The summed E-state index contributed by atoms with van der Waals surface area (Å²) in [5.74, 6) is 0.856. The number of anilines is 2. The second kappa shape index (κ2) is 6.27. The summed E-state index contributed by atoms with van der Waals surface area (Å²) >= 11 is 8.84. The molecule has 0 unspecified atom stereocenters. The minimum absolute atomic E-state index is 0.255. The van der Waals surface area contributed by atoms with E-state index < -0.39 is 0 Å². The molecule has 0 saturated carbocycles. The Labute approximate surface area is 124 Å². The molecule has 7 heteroatoms. The van der Waals surface area contributed by atoms with E-state index in [-0.39, 0.29) is 11.7 Å². The molecule has 1 aromatic carbocycles. The van der Waals surface area contributed by atoms with Gasteiger partial charge in [0.05, 0.1) is 10.7 Å². The lowest BCUT2D eigenvalue weighted by atomic mass is 10.3. The molecule has 2 rings (SSSR count). The summed E-state index contributed by atoms with van der Waals surface area (Å²) in [5.41, 5.74) is 6.32. The van der Waals surface area contributed by atoms with E-state index in [1.807, 2.05) is 6.92 Å². The van der Waals surface area contributed by atoms with Crippen LogP contribution < -0.4 is 11.1 Å². The van der Waals surface area contributed by atoms with Crippen LogP contribution >= 0.6 is 34.7 Å². The van der Waals surface area contributed by atoms with E-state index in [9.17, 15) is 4.79 Å². The maximum absolute atomic E-state index is 12.1. The number of thioether (sulfide) groups is 1. The summed E-state index contributed by atoms with van der Waals surface area (Å²) in [6, 6.07) is 7.05. The van der Waals surface area contributed by atoms with Gasteiger partial charge in [-0.05, 0) is 17.9 Å². The topological polar surface area (TPSA) is 68.0 Å². The monoisotopic (exact) mass is 313 g/mol. The Morgan fingerprint density at radius 2 is 2.26 bits per heavy atom. The molecule has 2 aromatic rings. The van der Waals surface area contributed by atoms with Crippen molar-refractivity contribution in [3.8, 4) is 0 Å². The highest BCUT2D eigenvalue weighted by Gasteiger charge is 2.17. The van der Waals surface area contributed by atoms with E-state index in [1.165, 1.54) is 11.3 Å². The summed E-state index contributed by atoms with van der Waals surface area (Å²) in [6.45, 7) is 2.02. The number of nitrogens with two attached hydrogens (primary N) is 1. The average Bonchev–Trinajstić information content (AvgIpc) is 2.74. The van der Waals surface area contributed by atoms with Gasteiger partial charge < -0.3 is 11.1 Å². The number of para-hydroxylation sites is 1. The Balaban J connectivity index is 2.18. The van der Waals surface area contributed by atoms with Crippen LogP contribution in [0.25, 0.3) is 0 Å². The minimum Gasteiger partial charge on any atom is -0.382 e. The third-order valence-electron chi connectivity index (χ3n) is 2.23. The number of nitrogens with one attached hydrogen (secondary N) is 1. The van der Waals surface area contributed by atoms with Crippen molar-refractivity contribution in [1.82, 2.24) is 4.98 Å². The second-order valence-corrected chi connectivity index (χ2v) is 6.48. The Morgan fingerprint density at radius 1 is 1.53 bits per heavy atom. The van der Waals surface area contributed by atoms with Crippen LogP contribution in [0.4, 0.5) is 11.5 Å². The molecule has 19 heavy (non-hydrogen) atoms. The highest BCUT2D eigenvalue weighted by molar-refractivity contribution is 8.01. The number of carbonyl (C=O) groups excluding carboxylic acids is 1. The Bertz CT molecular complexity index is 600. The summed E-state index contributed by atoms with van der Waals surface area (Å²) in [7, 11) is 0. The number of hydrogen-bond donors (Lipinski definition) is 2. The number of rotatable bonds is 4. The summed E-state index contributed by atoms with van der Waals surface area (Å²) in [5, 5.41) is 3.22. The standard InChI is InChI=1S/C12H12ClN3OS2/c1-2-18-12-16-10(14)9(19-12)11(17)15-8-6-4-3-5-7(8)13/h3-6H,2,14H2,1H3,(H,15,17). The van der Waals surface area contributed by atoms with Crippen LogP contribution in [0, 0.1) is 0 Å². The van der Waals surface area contributed by atoms with Crippen molar-refractivity contribution in [3.63, 3.8) is 0 Å². The van der Waals surface area contributed by atoms with E-state index in [1.54, 1.807) is 36.0 Å². The number of thiazole rings is 1. The largest absolute Gasteiger partial charge is 0.382 e. The first kappa shape index (κ1) is 14.2. The Morgan fingerprint density at radius 3 is 2.95 bits per heavy atom. The Kier molecular flexibility index (Phi) is 4.68. The van der Waals surface area contributed by atoms with Crippen molar-refractivity contribution in [2.75, 3.05) is 16.8 Å². The van der Waals surface area contributed by atoms with Crippen LogP contribution in [-0.2, 0) is 0 Å². The van der Waals surface area contributed by atoms with E-state index in [4.69, 9.17) is 17.3 Å². The lowest BCUT2D eigenvalue weighted by Crippen LogP contribution is -2.12. The van der Waals surface area contributed by atoms with Gasteiger partial charge in [0.2, 0.25) is 0 Å². The van der Waals surface area contributed by atoms with Crippen molar-refractivity contribution in [1.29, 1.82) is 0 Å². The predicted molar refractivity (Wildman–Crippen MR) is 82.3 cm³/mol. The van der Waals surface area contributed by atoms with Gasteiger partial charge in [-0.1, -0.05) is 42.4 Å². The van der Waals surface area contributed by atoms with Gasteiger partial charge in [0.25, 0.3) is 5.91 Å². The number of hydrogen-bond acceptors (Lipinski definition) is 5. The van der Waals surface area contributed by atoms with Crippen molar-refractivity contribution >= 4 is 52.1 Å². The van der Waals surface area contributed by atoms with Crippen LogP contribution in [0.3, 0.4) is 0 Å². The zero-order valence-corrected chi connectivity index (χ0v) is 12.5. The van der Waals surface area contributed by atoms with E-state index in [0.29, 0.717) is 15.6 Å². The number of aromatic nitrogens is 1. The van der Waals surface area contributed by atoms with Gasteiger partial charge in [-0.15, -0.1) is 11.3 Å². The number of benzene rings is 1. The fourth-order valence-electron chi connectivity index (χ4n) is 1.40. The molecular weight excluding hydrogens is 302 g/mol. The summed E-state index contributed by atoms with van der Waals surface area (Å²) in [4.78, 5) is 16.7. The number of carbonyl (C=O) groups is 1. The number of amides is 1. The first-order valence-electron chi connectivity index (χ1n) is 5.56. The summed E-state index contributed by atoms with van der Waals surface area (Å²) in [6.07, 6.45) is 0. The normalized spacial score (nSPS) is 10.4. The Hall–Kier alpha value is -1.24. The molecule has 1 amide bonds. The molecule has 0 saturated heterocycles. The van der Waals surface area contributed by atoms with Crippen LogP contribution in [-0.4, -0.2) is 16.6 Å². The molecule has 4 nitrogen and oxygen atoms in total. The highest BCUT2D eigenvalue weighted by atomic mass is 35.5. The molecule has 1 heterocycles. The molecule has 0 aliphatic rings. The van der Waals surface area contributed by atoms with Crippen LogP contribution in [0.2, 0.25) is 5.02 Å². The van der Waals surface area contributed by atoms with Gasteiger partial charge in [-0.3, -0.25) is 4.79 Å². The molecule has 1 aromatic heterocycles. The molecule has 0 spiro atoms. The molecule has 0 bridgehead atoms. The van der Waals surface area contributed by atoms with Gasteiger partial charge in [0.1, 0.15) is 10.7 Å². The molecule has 0 aliphatic carbocycles. The molecule has 0 atom stereocenters. The molecule has 0 radical (unpaired) electrons. The van der Waals surface area contributed by atoms with Crippen LogP contribution in [0.1, 0.15) is 16.6 Å². The number of nitrogens with zero attached hydrogens (tertiary/aromatic N) is 1. The van der Waals surface area contributed by atoms with Crippen molar-refractivity contribution in [3.05, 3.63) is 34.2 Å². The fraction of sp³-hybridized carbons (Fsp3) is 0.167. The third kappa shape index (κ3) is 3.40. The first-order valence-corrected chi connectivity index (χ1v) is 7.74. The molecule has 3 N–H and O–H groups in total. The van der Waals surface area contributed by atoms with Crippen molar-refractivity contribution < 1.29 is 4.79 Å². The van der Waals surface area contributed by atoms with Gasteiger partial charge in [-0.25, -0.2) is 4.98 Å². The number of nitrogen functional groups attached to an aromatic ring is 1. The van der Waals surface area contributed by atoms with E-state index >= 15 is 0 Å². The van der Waals surface area contributed by atoms with Gasteiger partial charge >= 0.3 is 0 Å². The second-order valence-electron chi connectivity index (χ2n) is 3.56. The zero-order chi connectivity index (χ0) is 13.8. The van der Waals surface area contributed by atoms with Gasteiger partial charge in [-0.2, -0.15) is 0 Å². The first-order chi connectivity index (χ1) is 9.11. The quantitative estimate of drug-likeness (QED) is 0.844. The van der Waals surface area contributed by atoms with Crippen LogP contribution in [0.5, 0.6) is 0 Å². The van der Waals surface area contributed by atoms with E-state index in [0.717, 1.165) is 10.1 Å². The maximum Gasteiger partial charge on any atom is 0.269 e. The van der Waals surface area contributed by atoms with Gasteiger partial charge in [0, 0.05) is 0 Å². The smallest absolute Gasteiger partial charge is 0.269 e. The summed E-state index contributed by atoms with van der Waals surface area (Å²) < 4.78 is 0.796. The molecule has 0 fully saturated rings. The maximum atomic E-state index is 12.1. The van der Waals surface area contributed by atoms with Crippen LogP contribution in [0.15, 0.2) is 28.6 Å². The lowest BCUT2D eigenvalue weighted by Gasteiger charge is -2.05. The lowest BCUT2D eigenvalue weighted by molar-refractivity contribution is 0.103. The minimum atomic E-state index is -0.286. The SMILES string of the molecule is CCSc1nc(N)c(C(=O)Nc2ccccc2Cl)s1. The molecule has 0 aliphatic heterocycles. The predicted octanol–water partition coefficient (Wildman–Crippen LogP) is 3.74. The van der Waals surface area contributed by atoms with Crippen molar-refractivity contribution in [2.45, 2.75) is 11.3 Å².